The number of pyridine rings is 4. The van der Waals surface area contributed by atoms with E-state index in [4.69, 9.17) is 11.3 Å². The Bertz CT molecular complexity index is 1320. The van der Waals surface area contributed by atoms with Crippen LogP contribution in [0.3, 0.4) is 0 Å². The molecule has 0 aromatic carbocycles. The molecule has 0 amide bonds. The average Bonchev–Trinajstić information content (AvgIpc) is 2.83. The van der Waals surface area contributed by atoms with Gasteiger partial charge in [-0.2, -0.15) is 0 Å². The molecule has 0 atom stereocenters. The highest BCUT2D eigenvalue weighted by Gasteiger charge is 2.13. The highest BCUT2D eigenvalue weighted by molar-refractivity contribution is 5.75. The smallest absolute Gasteiger partial charge is 0.213 e. The van der Waals surface area contributed by atoms with E-state index in [0.29, 0.717) is 28.3 Å². The summed E-state index contributed by atoms with van der Waals surface area (Å²) in [5.74, 6) is 0.142. The summed E-state index contributed by atoms with van der Waals surface area (Å²) in [4.78, 5) is 20.4. The van der Waals surface area contributed by atoms with Gasteiger partial charge in [-0.25, -0.2) is 14.2 Å². The maximum absolute atomic E-state index is 15.1. The molecule has 7 nitrogen and oxygen atoms in total. The lowest BCUT2D eigenvalue weighted by Crippen LogP contribution is -2.05. The summed E-state index contributed by atoms with van der Waals surface area (Å²) in [6.07, 6.45) is 8.00. The van der Waals surface area contributed by atoms with Gasteiger partial charge in [-0.1, -0.05) is 0 Å². The Morgan fingerprint density at radius 3 is 2.66 bits per heavy atom. The van der Waals surface area contributed by atoms with Gasteiger partial charge in [0.05, 0.1) is 25.6 Å². The molecule has 8 heteroatoms. The van der Waals surface area contributed by atoms with Crippen LogP contribution in [0.5, 0.6) is 5.75 Å². The molecular formula is C24H19FN6O. The average molecular weight is 426 g/mol. The minimum absolute atomic E-state index is 0.100. The van der Waals surface area contributed by atoms with Crippen molar-refractivity contribution in [3.05, 3.63) is 89.8 Å². The third kappa shape index (κ3) is 4.37. The molecule has 4 rings (SSSR count). The van der Waals surface area contributed by atoms with Gasteiger partial charge in [-0.15, -0.1) is 0 Å². The number of nitrogens with zero attached hydrogens (tertiary/aromatic N) is 5. The first-order chi connectivity index (χ1) is 15.6. The number of aromatic nitrogens is 4. The van der Waals surface area contributed by atoms with Crippen LogP contribution in [0.2, 0.25) is 0 Å². The van der Waals surface area contributed by atoms with Crippen molar-refractivity contribution in [2.75, 3.05) is 12.4 Å². The third-order valence-corrected chi connectivity index (χ3v) is 4.82. The van der Waals surface area contributed by atoms with Crippen LogP contribution in [0.25, 0.3) is 27.2 Å². The Morgan fingerprint density at radius 1 is 1.03 bits per heavy atom. The molecule has 32 heavy (non-hydrogen) atoms. The number of ether oxygens (including phenoxy) is 1. The number of hydrogen-bond donors (Lipinski definition) is 1. The van der Waals surface area contributed by atoms with Gasteiger partial charge >= 0.3 is 0 Å². The van der Waals surface area contributed by atoms with Crippen LogP contribution in [-0.4, -0.2) is 27.0 Å². The SMILES string of the molecule is [C-]#[N+]c1cc(CNc2nccc(-c3cncc(OC)c3)c2F)cnc1-c1ccnc(C)c1. The summed E-state index contributed by atoms with van der Waals surface area (Å²) < 4.78 is 20.3. The topological polar surface area (TPSA) is 77.2 Å². The maximum Gasteiger partial charge on any atom is 0.213 e. The number of nitrogens with one attached hydrogen (secondary N) is 1. The van der Waals surface area contributed by atoms with Crippen LogP contribution in [0, 0.1) is 19.3 Å². The monoisotopic (exact) mass is 426 g/mol. The molecule has 4 aromatic heterocycles. The van der Waals surface area contributed by atoms with Crippen molar-refractivity contribution < 1.29 is 9.13 Å². The van der Waals surface area contributed by atoms with Crippen LogP contribution in [0.1, 0.15) is 11.3 Å². The summed E-state index contributed by atoms with van der Waals surface area (Å²) in [6.45, 7) is 9.68. The summed E-state index contributed by atoms with van der Waals surface area (Å²) in [5, 5.41) is 3.00. The Hall–Kier alpha value is -4.38. The number of halogens is 1. The molecule has 158 valence electrons. The van der Waals surface area contributed by atoms with Crippen LogP contribution in [0.15, 0.2) is 61.3 Å². The van der Waals surface area contributed by atoms with Crippen LogP contribution in [-0.2, 0) is 6.54 Å². The molecule has 0 aliphatic carbocycles. The van der Waals surface area contributed by atoms with Gasteiger partial charge in [-0.3, -0.25) is 15.0 Å². The summed E-state index contributed by atoms with van der Waals surface area (Å²) in [5.41, 5.74) is 4.36. The predicted octanol–water partition coefficient (Wildman–Crippen LogP) is 5.22. The van der Waals surface area contributed by atoms with Crippen molar-refractivity contribution in [2.24, 2.45) is 0 Å². The van der Waals surface area contributed by atoms with Crippen LogP contribution in [0.4, 0.5) is 15.9 Å². The van der Waals surface area contributed by atoms with Crippen molar-refractivity contribution in [2.45, 2.75) is 13.5 Å². The van der Waals surface area contributed by atoms with Crippen molar-refractivity contribution >= 4 is 11.5 Å². The molecule has 1 N–H and O–H groups in total. The lowest BCUT2D eigenvalue weighted by molar-refractivity contribution is 0.413. The molecule has 0 radical (unpaired) electrons. The zero-order valence-electron chi connectivity index (χ0n) is 17.5. The molecule has 4 heterocycles. The van der Waals surface area contributed by atoms with Gasteiger partial charge in [0, 0.05) is 48.2 Å². The van der Waals surface area contributed by atoms with E-state index in [1.165, 1.54) is 13.3 Å². The lowest BCUT2D eigenvalue weighted by atomic mass is 10.1. The highest BCUT2D eigenvalue weighted by Crippen LogP contribution is 2.30. The predicted molar refractivity (Wildman–Crippen MR) is 120 cm³/mol. The molecule has 0 fully saturated rings. The van der Waals surface area contributed by atoms with Crippen molar-refractivity contribution in [3.8, 4) is 28.1 Å². The molecule has 0 bridgehead atoms. The fourth-order valence-electron chi connectivity index (χ4n) is 3.25. The number of hydrogen-bond acceptors (Lipinski definition) is 6. The summed E-state index contributed by atoms with van der Waals surface area (Å²) in [6, 6.07) is 8.74. The molecule has 0 unspecified atom stereocenters. The Kier molecular flexibility index (Phi) is 5.99. The van der Waals surface area contributed by atoms with Gasteiger partial charge in [0.25, 0.3) is 0 Å². The lowest BCUT2D eigenvalue weighted by Gasteiger charge is -2.11. The van der Waals surface area contributed by atoms with E-state index in [0.717, 1.165) is 16.8 Å². The van der Waals surface area contributed by atoms with Gasteiger partial charge in [0.15, 0.2) is 11.6 Å². The quantitative estimate of drug-likeness (QED) is 0.426. The van der Waals surface area contributed by atoms with Crippen LogP contribution < -0.4 is 10.1 Å². The largest absolute Gasteiger partial charge is 0.495 e. The zero-order chi connectivity index (χ0) is 22.5. The minimum Gasteiger partial charge on any atom is -0.495 e. The third-order valence-electron chi connectivity index (χ3n) is 4.82. The van der Waals surface area contributed by atoms with E-state index in [9.17, 15) is 0 Å². The van der Waals surface area contributed by atoms with E-state index in [2.05, 4.69) is 30.1 Å². The Balaban J connectivity index is 1.57. The zero-order valence-corrected chi connectivity index (χ0v) is 17.5. The molecule has 0 aliphatic rings. The fraction of sp³-hybridized carbons (Fsp3) is 0.125. The van der Waals surface area contributed by atoms with Crippen LogP contribution >= 0.6 is 0 Å². The maximum atomic E-state index is 15.1. The van der Waals surface area contributed by atoms with Gasteiger partial charge in [0.1, 0.15) is 5.75 Å². The highest BCUT2D eigenvalue weighted by atomic mass is 19.1. The summed E-state index contributed by atoms with van der Waals surface area (Å²) >= 11 is 0. The second-order valence-electron chi connectivity index (χ2n) is 7.00. The first-order valence-electron chi connectivity index (χ1n) is 9.76. The van der Waals surface area contributed by atoms with E-state index < -0.39 is 5.82 Å². The van der Waals surface area contributed by atoms with Crippen molar-refractivity contribution in [1.82, 2.24) is 19.9 Å². The van der Waals surface area contributed by atoms with Crippen molar-refractivity contribution in [1.29, 1.82) is 0 Å². The number of aryl methyl sites for hydroxylation is 1. The first kappa shape index (κ1) is 20.9. The van der Waals surface area contributed by atoms with E-state index >= 15 is 4.39 Å². The standard InChI is InChI=1S/C24H19FN6O/c1-15-8-17(4-6-28-15)23-21(26-2)9-16(11-30-23)12-31-24-22(25)20(5-7-29-24)18-10-19(32-3)14-27-13-18/h4-11,13-14H,12H2,1,3H3,(H,29,31). The number of anilines is 1. The number of methoxy groups -OCH3 is 1. The fourth-order valence-corrected chi connectivity index (χ4v) is 3.25. The molecule has 0 saturated heterocycles. The second-order valence-corrected chi connectivity index (χ2v) is 7.00. The van der Waals surface area contributed by atoms with E-state index in [-0.39, 0.29) is 12.4 Å². The normalized spacial score (nSPS) is 10.4. The Labute approximate surface area is 184 Å². The molecule has 4 aromatic rings. The second kappa shape index (κ2) is 9.18. The molecule has 0 spiro atoms. The number of rotatable bonds is 6. The van der Waals surface area contributed by atoms with Gasteiger partial charge < -0.3 is 10.1 Å². The van der Waals surface area contributed by atoms with E-state index in [1.54, 1.807) is 43.0 Å². The van der Waals surface area contributed by atoms with Gasteiger partial charge in [-0.05, 0) is 48.4 Å². The first-order valence-corrected chi connectivity index (χ1v) is 9.76. The molecular weight excluding hydrogens is 407 g/mol. The molecule has 0 saturated carbocycles. The summed E-state index contributed by atoms with van der Waals surface area (Å²) in [7, 11) is 1.53. The van der Waals surface area contributed by atoms with E-state index in [1.807, 2.05) is 19.1 Å². The van der Waals surface area contributed by atoms with Gasteiger partial charge in [0.2, 0.25) is 5.69 Å². The van der Waals surface area contributed by atoms with Crippen molar-refractivity contribution in [3.63, 3.8) is 0 Å². The minimum atomic E-state index is -0.496. The molecule has 0 aliphatic heterocycles. The Morgan fingerprint density at radius 2 is 1.88 bits per heavy atom.